The lowest BCUT2D eigenvalue weighted by atomic mass is 10.1. The number of hydrogen-bond donors (Lipinski definition) is 0. The van der Waals surface area contributed by atoms with Crippen LogP contribution < -0.4 is 0 Å². The standard InChI is InChI=1S/C13H19BrN2O2/c1-13(2,14)12(17)16(8-9-18-3)10-11-6-4-5-7-15-11/h4-7H,8-10H2,1-3H3. The number of carbonyl (C=O) groups is 1. The van der Waals surface area contributed by atoms with Gasteiger partial charge >= 0.3 is 0 Å². The Kier molecular flexibility index (Phi) is 5.75. The van der Waals surface area contributed by atoms with E-state index in [2.05, 4.69) is 20.9 Å². The van der Waals surface area contributed by atoms with Gasteiger partial charge in [0.1, 0.15) is 0 Å². The first-order valence-electron chi connectivity index (χ1n) is 5.82. The van der Waals surface area contributed by atoms with E-state index in [0.717, 1.165) is 5.69 Å². The second-order valence-electron chi connectivity index (χ2n) is 4.51. The molecule has 0 aromatic carbocycles. The van der Waals surface area contributed by atoms with Crippen molar-refractivity contribution >= 4 is 21.8 Å². The molecule has 1 amide bonds. The topological polar surface area (TPSA) is 42.4 Å². The highest BCUT2D eigenvalue weighted by Gasteiger charge is 2.29. The number of carbonyl (C=O) groups excluding carboxylic acids is 1. The van der Waals surface area contributed by atoms with Gasteiger partial charge in [0.25, 0.3) is 0 Å². The summed E-state index contributed by atoms with van der Waals surface area (Å²) in [6.07, 6.45) is 1.73. The SMILES string of the molecule is COCCN(Cc1ccccn1)C(=O)C(C)(C)Br. The highest BCUT2D eigenvalue weighted by molar-refractivity contribution is 9.10. The molecule has 0 fully saturated rings. The molecule has 0 N–H and O–H groups in total. The Morgan fingerprint density at radius 3 is 2.72 bits per heavy atom. The molecule has 0 bridgehead atoms. The van der Waals surface area contributed by atoms with Crippen LogP contribution in [0.3, 0.4) is 0 Å². The van der Waals surface area contributed by atoms with Crippen LogP contribution in [0.25, 0.3) is 0 Å². The fourth-order valence-electron chi connectivity index (χ4n) is 1.52. The fourth-order valence-corrected chi connectivity index (χ4v) is 1.77. The van der Waals surface area contributed by atoms with E-state index in [0.29, 0.717) is 19.7 Å². The zero-order valence-corrected chi connectivity index (χ0v) is 12.6. The summed E-state index contributed by atoms with van der Waals surface area (Å²) in [5, 5.41) is 0. The Bertz CT molecular complexity index is 376. The molecule has 0 unspecified atom stereocenters. The monoisotopic (exact) mass is 314 g/mol. The maximum absolute atomic E-state index is 12.3. The molecular formula is C13H19BrN2O2. The van der Waals surface area contributed by atoms with Gasteiger partial charge in [-0.05, 0) is 26.0 Å². The molecule has 1 aromatic rings. The minimum Gasteiger partial charge on any atom is -0.383 e. The van der Waals surface area contributed by atoms with Gasteiger partial charge in [0.2, 0.25) is 5.91 Å². The van der Waals surface area contributed by atoms with Gasteiger partial charge < -0.3 is 9.64 Å². The van der Waals surface area contributed by atoms with Crippen LogP contribution in [-0.2, 0) is 16.1 Å². The Hall–Kier alpha value is -0.940. The Morgan fingerprint density at radius 1 is 1.50 bits per heavy atom. The number of amides is 1. The number of nitrogens with zero attached hydrogens (tertiary/aromatic N) is 2. The molecule has 4 nitrogen and oxygen atoms in total. The van der Waals surface area contributed by atoms with Gasteiger partial charge in [-0.2, -0.15) is 0 Å². The molecule has 100 valence electrons. The Morgan fingerprint density at radius 2 is 2.22 bits per heavy atom. The molecule has 1 aromatic heterocycles. The molecule has 1 heterocycles. The van der Waals surface area contributed by atoms with Crippen molar-refractivity contribution in [3.63, 3.8) is 0 Å². The molecule has 0 spiro atoms. The summed E-state index contributed by atoms with van der Waals surface area (Å²) in [5.41, 5.74) is 0.874. The average molecular weight is 315 g/mol. The van der Waals surface area contributed by atoms with Crippen molar-refractivity contribution in [2.75, 3.05) is 20.3 Å². The first kappa shape index (κ1) is 15.1. The summed E-state index contributed by atoms with van der Waals surface area (Å²) < 4.78 is 4.47. The van der Waals surface area contributed by atoms with Crippen LogP contribution in [0.4, 0.5) is 0 Å². The van der Waals surface area contributed by atoms with E-state index in [1.807, 2.05) is 32.0 Å². The van der Waals surface area contributed by atoms with Crippen molar-refractivity contribution in [1.82, 2.24) is 9.88 Å². The molecule has 0 atom stereocenters. The minimum atomic E-state index is -0.574. The van der Waals surface area contributed by atoms with E-state index in [-0.39, 0.29) is 5.91 Å². The summed E-state index contributed by atoms with van der Waals surface area (Å²) in [7, 11) is 1.63. The highest BCUT2D eigenvalue weighted by Crippen LogP contribution is 2.20. The smallest absolute Gasteiger partial charge is 0.239 e. The number of aromatic nitrogens is 1. The molecule has 5 heteroatoms. The van der Waals surface area contributed by atoms with E-state index >= 15 is 0 Å². The second-order valence-corrected chi connectivity index (χ2v) is 6.50. The van der Waals surface area contributed by atoms with E-state index < -0.39 is 4.32 Å². The maximum Gasteiger partial charge on any atom is 0.239 e. The number of ether oxygens (including phenoxy) is 1. The van der Waals surface area contributed by atoms with Crippen molar-refractivity contribution in [3.05, 3.63) is 30.1 Å². The Labute approximate surface area is 116 Å². The van der Waals surface area contributed by atoms with Crippen LogP contribution in [0.2, 0.25) is 0 Å². The molecule has 0 saturated carbocycles. The van der Waals surface area contributed by atoms with Gasteiger partial charge in [-0.3, -0.25) is 9.78 Å². The molecule has 18 heavy (non-hydrogen) atoms. The van der Waals surface area contributed by atoms with Crippen molar-refractivity contribution in [2.45, 2.75) is 24.7 Å². The lowest BCUT2D eigenvalue weighted by Gasteiger charge is -2.28. The van der Waals surface area contributed by atoms with E-state index in [1.54, 1.807) is 18.2 Å². The van der Waals surface area contributed by atoms with Crippen LogP contribution in [0, 0.1) is 0 Å². The van der Waals surface area contributed by atoms with E-state index in [9.17, 15) is 4.79 Å². The summed E-state index contributed by atoms with van der Waals surface area (Å²) >= 11 is 3.40. The summed E-state index contributed by atoms with van der Waals surface area (Å²) in [6.45, 7) is 5.25. The third kappa shape index (κ3) is 4.74. The first-order chi connectivity index (χ1) is 8.45. The molecule has 0 saturated heterocycles. The van der Waals surface area contributed by atoms with Crippen molar-refractivity contribution < 1.29 is 9.53 Å². The Balaban J connectivity index is 2.76. The minimum absolute atomic E-state index is 0.0326. The lowest BCUT2D eigenvalue weighted by Crippen LogP contribution is -2.42. The predicted octanol–water partition coefficient (Wildman–Crippen LogP) is 2.23. The van der Waals surface area contributed by atoms with E-state index in [4.69, 9.17) is 4.74 Å². The third-order valence-electron chi connectivity index (χ3n) is 2.44. The lowest BCUT2D eigenvalue weighted by molar-refractivity contribution is -0.134. The second kappa shape index (κ2) is 6.85. The number of halogens is 1. The first-order valence-corrected chi connectivity index (χ1v) is 6.61. The van der Waals surface area contributed by atoms with Gasteiger partial charge in [-0.15, -0.1) is 0 Å². The quantitative estimate of drug-likeness (QED) is 0.756. The molecule has 0 aliphatic heterocycles. The van der Waals surface area contributed by atoms with Gasteiger partial charge in [0, 0.05) is 19.9 Å². The van der Waals surface area contributed by atoms with Gasteiger partial charge in [0.05, 0.1) is 23.2 Å². The molecule has 0 aliphatic rings. The van der Waals surface area contributed by atoms with Gasteiger partial charge in [-0.25, -0.2) is 0 Å². The average Bonchev–Trinajstić information content (AvgIpc) is 2.33. The number of methoxy groups -OCH3 is 1. The normalized spacial score (nSPS) is 11.3. The summed E-state index contributed by atoms with van der Waals surface area (Å²) in [4.78, 5) is 18.3. The number of alkyl halides is 1. The maximum atomic E-state index is 12.3. The van der Waals surface area contributed by atoms with Crippen molar-refractivity contribution in [1.29, 1.82) is 0 Å². The predicted molar refractivity (Wildman–Crippen MR) is 74.5 cm³/mol. The largest absolute Gasteiger partial charge is 0.383 e. The zero-order valence-electron chi connectivity index (χ0n) is 11.0. The summed E-state index contributed by atoms with van der Waals surface area (Å²) in [6, 6.07) is 5.69. The van der Waals surface area contributed by atoms with Crippen LogP contribution in [0.5, 0.6) is 0 Å². The number of hydrogen-bond acceptors (Lipinski definition) is 3. The van der Waals surface area contributed by atoms with Gasteiger partial charge in [-0.1, -0.05) is 22.0 Å². The van der Waals surface area contributed by atoms with Crippen molar-refractivity contribution in [2.24, 2.45) is 0 Å². The van der Waals surface area contributed by atoms with Gasteiger partial charge in [0.15, 0.2) is 0 Å². The zero-order chi connectivity index (χ0) is 13.6. The van der Waals surface area contributed by atoms with Crippen LogP contribution in [-0.4, -0.2) is 40.4 Å². The van der Waals surface area contributed by atoms with Crippen LogP contribution in [0.15, 0.2) is 24.4 Å². The molecule has 0 aliphatic carbocycles. The van der Waals surface area contributed by atoms with Crippen LogP contribution >= 0.6 is 15.9 Å². The number of pyridine rings is 1. The van der Waals surface area contributed by atoms with E-state index in [1.165, 1.54) is 0 Å². The number of rotatable bonds is 6. The van der Waals surface area contributed by atoms with Crippen molar-refractivity contribution in [3.8, 4) is 0 Å². The molecule has 0 radical (unpaired) electrons. The molecule has 1 rings (SSSR count). The molecular weight excluding hydrogens is 296 g/mol. The fraction of sp³-hybridized carbons (Fsp3) is 0.538. The highest BCUT2D eigenvalue weighted by atomic mass is 79.9. The third-order valence-corrected chi connectivity index (χ3v) is 2.78. The van der Waals surface area contributed by atoms with Crippen LogP contribution in [0.1, 0.15) is 19.5 Å². The summed E-state index contributed by atoms with van der Waals surface area (Å²) in [5.74, 6) is 0.0326.